The Kier molecular flexibility index (Phi) is 3.88. The molecule has 0 aliphatic carbocycles. The molecule has 21 heavy (non-hydrogen) atoms. The molecule has 2 N–H and O–H groups in total. The van der Waals surface area contributed by atoms with Gasteiger partial charge < -0.3 is 10.6 Å². The summed E-state index contributed by atoms with van der Waals surface area (Å²) < 4.78 is 26.9. The highest BCUT2D eigenvalue weighted by molar-refractivity contribution is 7.91. The van der Waals surface area contributed by atoms with Crippen molar-refractivity contribution in [3.05, 3.63) is 41.8 Å². The van der Waals surface area contributed by atoms with Crippen LogP contribution in [0, 0.1) is 0 Å². The molecule has 1 fully saturated rings. The zero-order chi connectivity index (χ0) is 14.9. The standard InChI is InChI=1S/C14H17N3O2S2/c15-12-3-1-4-13(11-12)16-6-8-17(9-7-16)21(18,19)14-5-2-10-20-14/h1-5,10-11H,6-9,15H2. The predicted octanol–water partition coefficient (Wildman–Crippen LogP) is 1.84. The summed E-state index contributed by atoms with van der Waals surface area (Å²) >= 11 is 1.26. The van der Waals surface area contributed by atoms with Gasteiger partial charge in [0.05, 0.1) is 0 Å². The first-order valence-electron chi connectivity index (χ1n) is 6.71. The fourth-order valence-corrected chi connectivity index (χ4v) is 5.01. The van der Waals surface area contributed by atoms with Crippen LogP contribution in [0.2, 0.25) is 0 Å². The van der Waals surface area contributed by atoms with Crippen molar-refractivity contribution < 1.29 is 8.42 Å². The lowest BCUT2D eigenvalue weighted by Gasteiger charge is -2.35. The Labute approximate surface area is 128 Å². The van der Waals surface area contributed by atoms with Gasteiger partial charge in [-0.25, -0.2) is 8.42 Å². The van der Waals surface area contributed by atoms with Gasteiger partial charge in [0.15, 0.2) is 0 Å². The molecule has 1 aromatic heterocycles. The fourth-order valence-electron chi connectivity index (χ4n) is 2.45. The van der Waals surface area contributed by atoms with Crippen LogP contribution in [0.5, 0.6) is 0 Å². The van der Waals surface area contributed by atoms with Gasteiger partial charge in [-0.1, -0.05) is 12.1 Å². The minimum atomic E-state index is -3.33. The largest absolute Gasteiger partial charge is 0.399 e. The van der Waals surface area contributed by atoms with Gasteiger partial charge in [0.25, 0.3) is 10.0 Å². The van der Waals surface area contributed by atoms with E-state index in [-0.39, 0.29) is 0 Å². The summed E-state index contributed by atoms with van der Waals surface area (Å²) in [7, 11) is -3.33. The summed E-state index contributed by atoms with van der Waals surface area (Å²) in [6, 6.07) is 11.1. The molecule has 1 aromatic carbocycles. The second kappa shape index (κ2) is 5.67. The summed E-state index contributed by atoms with van der Waals surface area (Å²) in [5, 5.41) is 1.79. The highest BCUT2D eigenvalue weighted by Crippen LogP contribution is 2.24. The van der Waals surface area contributed by atoms with Crippen molar-refractivity contribution in [1.29, 1.82) is 0 Å². The van der Waals surface area contributed by atoms with Crippen LogP contribution in [0.25, 0.3) is 0 Å². The first kappa shape index (κ1) is 14.4. The van der Waals surface area contributed by atoms with Crippen molar-refractivity contribution in [2.75, 3.05) is 36.8 Å². The lowest BCUT2D eigenvalue weighted by molar-refractivity contribution is 0.386. The number of thiophene rings is 1. The molecule has 0 atom stereocenters. The van der Waals surface area contributed by atoms with Gasteiger partial charge in [0, 0.05) is 37.6 Å². The molecule has 3 rings (SSSR count). The van der Waals surface area contributed by atoms with Gasteiger partial charge >= 0.3 is 0 Å². The molecule has 2 aromatic rings. The molecule has 112 valence electrons. The average Bonchev–Trinajstić information content (AvgIpc) is 3.02. The zero-order valence-corrected chi connectivity index (χ0v) is 13.1. The third kappa shape index (κ3) is 2.90. The van der Waals surface area contributed by atoms with Gasteiger partial charge in [-0.15, -0.1) is 11.3 Å². The van der Waals surface area contributed by atoms with E-state index < -0.39 is 10.0 Å². The normalized spacial score (nSPS) is 17.0. The number of nitrogen functional groups attached to an aromatic ring is 1. The van der Waals surface area contributed by atoms with Crippen molar-refractivity contribution >= 4 is 32.7 Å². The third-order valence-corrected chi connectivity index (χ3v) is 6.83. The van der Waals surface area contributed by atoms with Crippen molar-refractivity contribution in [2.24, 2.45) is 0 Å². The Morgan fingerprint density at radius 3 is 2.43 bits per heavy atom. The van der Waals surface area contributed by atoms with E-state index in [1.807, 2.05) is 24.3 Å². The van der Waals surface area contributed by atoms with Crippen LogP contribution >= 0.6 is 11.3 Å². The zero-order valence-electron chi connectivity index (χ0n) is 11.5. The van der Waals surface area contributed by atoms with Gasteiger partial charge in [0.1, 0.15) is 4.21 Å². The van der Waals surface area contributed by atoms with Gasteiger partial charge in [0.2, 0.25) is 0 Å². The molecule has 2 heterocycles. The van der Waals surface area contributed by atoms with Crippen molar-refractivity contribution in [1.82, 2.24) is 4.31 Å². The van der Waals surface area contributed by atoms with E-state index in [0.29, 0.717) is 30.4 Å². The quantitative estimate of drug-likeness (QED) is 0.875. The molecular weight excluding hydrogens is 306 g/mol. The van der Waals surface area contributed by atoms with E-state index in [4.69, 9.17) is 5.73 Å². The SMILES string of the molecule is Nc1cccc(N2CCN(S(=O)(=O)c3cccs3)CC2)c1. The number of hydrogen-bond donors (Lipinski definition) is 1. The number of benzene rings is 1. The first-order valence-corrected chi connectivity index (χ1v) is 9.03. The topological polar surface area (TPSA) is 66.6 Å². The molecule has 0 spiro atoms. The molecule has 5 nitrogen and oxygen atoms in total. The molecule has 1 saturated heterocycles. The summed E-state index contributed by atoms with van der Waals surface area (Å²) in [6.07, 6.45) is 0. The molecule has 0 bridgehead atoms. The molecular formula is C14H17N3O2S2. The van der Waals surface area contributed by atoms with Crippen LogP contribution in [0.15, 0.2) is 46.0 Å². The fraction of sp³-hybridized carbons (Fsp3) is 0.286. The Bertz CT molecular complexity index is 706. The van der Waals surface area contributed by atoms with E-state index in [2.05, 4.69) is 4.90 Å². The Hall–Kier alpha value is -1.57. The number of sulfonamides is 1. The van der Waals surface area contributed by atoms with Crippen LogP contribution in [-0.4, -0.2) is 38.9 Å². The highest BCUT2D eigenvalue weighted by Gasteiger charge is 2.29. The van der Waals surface area contributed by atoms with Gasteiger partial charge in [-0.05, 0) is 29.6 Å². The molecule has 1 aliphatic heterocycles. The van der Waals surface area contributed by atoms with Gasteiger partial charge in [-0.2, -0.15) is 4.31 Å². The Balaban J connectivity index is 1.71. The lowest BCUT2D eigenvalue weighted by Crippen LogP contribution is -2.48. The highest BCUT2D eigenvalue weighted by atomic mass is 32.2. The van der Waals surface area contributed by atoms with Crippen molar-refractivity contribution in [3.63, 3.8) is 0 Å². The number of nitrogens with zero attached hydrogens (tertiary/aromatic N) is 2. The van der Waals surface area contributed by atoms with Crippen LogP contribution in [0.1, 0.15) is 0 Å². The summed E-state index contributed by atoms with van der Waals surface area (Å²) in [6.45, 7) is 2.34. The molecule has 0 unspecified atom stereocenters. The lowest BCUT2D eigenvalue weighted by atomic mass is 10.2. The van der Waals surface area contributed by atoms with E-state index in [1.54, 1.807) is 21.8 Å². The monoisotopic (exact) mass is 323 g/mol. The minimum Gasteiger partial charge on any atom is -0.399 e. The van der Waals surface area contributed by atoms with Gasteiger partial charge in [-0.3, -0.25) is 0 Å². The maximum atomic E-state index is 12.4. The van der Waals surface area contributed by atoms with Crippen molar-refractivity contribution in [2.45, 2.75) is 4.21 Å². The van der Waals surface area contributed by atoms with Crippen LogP contribution in [0.4, 0.5) is 11.4 Å². The van der Waals surface area contributed by atoms with E-state index >= 15 is 0 Å². The smallest absolute Gasteiger partial charge is 0.252 e. The molecule has 0 radical (unpaired) electrons. The minimum absolute atomic E-state index is 0.417. The number of piperazine rings is 1. The number of anilines is 2. The predicted molar refractivity (Wildman–Crippen MR) is 86.1 cm³/mol. The molecule has 0 saturated carbocycles. The maximum absolute atomic E-state index is 12.4. The van der Waals surface area contributed by atoms with Crippen molar-refractivity contribution in [3.8, 4) is 0 Å². The first-order chi connectivity index (χ1) is 10.1. The summed E-state index contributed by atoms with van der Waals surface area (Å²) in [4.78, 5) is 2.16. The van der Waals surface area contributed by atoms with Crippen LogP contribution < -0.4 is 10.6 Å². The Morgan fingerprint density at radius 2 is 1.81 bits per heavy atom. The maximum Gasteiger partial charge on any atom is 0.252 e. The number of hydrogen-bond acceptors (Lipinski definition) is 5. The summed E-state index contributed by atoms with van der Waals surface area (Å²) in [5.74, 6) is 0. The van der Waals surface area contributed by atoms with E-state index in [0.717, 1.165) is 11.4 Å². The molecule has 1 aliphatic rings. The molecule has 0 amide bonds. The second-order valence-electron chi connectivity index (χ2n) is 4.92. The third-order valence-electron chi connectivity index (χ3n) is 3.56. The molecule has 7 heteroatoms. The van der Waals surface area contributed by atoms with E-state index in [1.165, 1.54) is 11.3 Å². The van der Waals surface area contributed by atoms with Crippen LogP contribution in [-0.2, 0) is 10.0 Å². The average molecular weight is 323 g/mol. The van der Waals surface area contributed by atoms with Crippen LogP contribution in [0.3, 0.4) is 0 Å². The number of rotatable bonds is 3. The Morgan fingerprint density at radius 1 is 1.05 bits per heavy atom. The summed E-state index contributed by atoms with van der Waals surface area (Å²) in [5.41, 5.74) is 7.56. The second-order valence-corrected chi connectivity index (χ2v) is 8.03. The van der Waals surface area contributed by atoms with E-state index in [9.17, 15) is 8.42 Å². The number of nitrogens with two attached hydrogens (primary N) is 1.